The van der Waals surface area contributed by atoms with Gasteiger partial charge in [-0.25, -0.2) is 9.59 Å². The molecule has 0 aromatic heterocycles. The number of nitrogens with two attached hydrogens (primary N) is 3. The number of ketones is 4. The number of allylic oxidation sites excluding steroid dienone is 15. The zero-order valence-corrected chi connectivity index (χ0v) is 89.2. The summed E-state index contributed by atoms with van der Waals surface area (Å²) in [5.41, 5.74) is 20.2. The smallest absolute Gasteiger partial charge is 0.342 e. The Morgan fingerprint density at radius 3 is 1.45 bits per heavy atom. The number of aliphatic hydroxyl groups is 2. The summed E-state index contributed by atoms with van der Waals surface area (Å²) in [6.45, 7) is 33.8. The third-order valence-corrected chi connectivity index (χ3v) is 27.7. The van der Waals surface area contributed by atoms with E-state index in [1.165, 1.54) is 28.4 Å². The first-order valence-corrected chi connectivity index (χ1v) is 50.7. The van der Waals surface area contributed by atoms with Crippen LogP contribution in [0.25, 0.3) is 0 Å². The minimum absolute atomic E-state index is 0.000604. The number of aliphatic hydroxyl groups excluding tert-OH is 2. The summed E-state index contributed by atoms with van der Waals surface area (Å²) in [4.78, 5) is 142. The van der Waals surface area contributed by atoms with Crippen molar-refractivity contribution in [1.82, 2.24) is 25.8 Å². The first kappa shape index (κ1) is 120. The van der Waals surface area contributed by atoms with Gasteiger partial charge in [0, 0.05) is 139 Å². The summed E-state index contributed by atoms with van der Waals surface area (Å²) in [5, 5.41) is 80.1. The molecule has 10 aliphatic rings. The maximum atomic E-state index is 13.6. The number of amides is 4. The Kier molecular flexibility index (Phi) is 45.4. The Morgan fingerprint density at radius 1 is 0.580 bits per heavy atom. The highest BCUT2D eigenvalue weighted by molar-refractivity contribution is 6.34. The van der Waals surface area contributed by atoms with Crippen LogP contribution in [0, 0.1) is 35.5 Å². The Balaban J connectivity index is 0.000000222. The summed E-state index contributed by atoms with van der Waals surface area (Å²) in [6.07, 6.45) is 31.8. The molecule has 4 bridgehead atoms. The van der Waals surface area contributed by atoms with E-state index in [-0.39, 0.29) is 188 Å². The van der Waals surface area contributed by atoms with Crippen LogP contribution in [0.1, 0.15) is 179 Å². The van der Waals surface area contributed by atoms with Crippen LogP contribution in [-0.4, -0.2) is 258 Å². The average Bonchev–Trinajstić information content (AvgIpc) is 1.64. The van der Waals surface area contributed by atoms with E-state index in [4.69, 9.17) is 92.7 Å². The van der Waals surface area contributed by atoms with Gasteiger partial charge in [-0.2, -0.15) is 0 Å². The molecule has 37 nitrogen and oxygen atoms in total. The number of phenolic OH excluding ortho intramolecular Hbond substituents is 4. The summed E-state index contributed by atoms with van der Waals surface area (Å²) < 4.78 is 51.1. The first-order valence-electron chi connectivity index (χ1n) is 49.9. The molecule has 2 aromatic rings. The fraction of sp³-hybridized carbons (Fsp3) is 0.477. The van der Waals surface area contributed by atoms with Crippen LogP contribution in [0.5, 0.6) is 23.0 Å². The van der Waals surface area contributed by atoms with Crippen LogP contribution < -0.4 is 33.2 Å². The van der Waals surface area contributed by atoms with Gasteiger partial charge in [0.2, 0.25) is 34.9 Å². The van der Waals surface area contributed by atoms with Crippen molar-refractivity contribution < 1.29 is 131 Å². The number of epoxide rings is 1. The molecule has 3 aliphatic carbocycles. The number of cyclic esters (lactones) is 2. The second kappa shape index (κ2) is 56.6. The molecule has 0 radical (unpaired) electrons. The van der Waals surface area contributed by atoms with E-state index in [0.29, 0.717) is 87.1 Å². The van der Waals surface area contributed by atoms with Crippen LogP contribution in [0.2, 0.25) is 10.0 Å². The highest BCUT2D eigenvalue weighted by atomic mass is 35.5. The summed E-state index contributed by atoms with van der Waals surface area (Å²) in [6, 6.07) is 2.04. The number of rotatable bonds is 19. The molecule has 15 N–H and O–H groups in total. The van der Waals surface area contributed by atoms with Gasteiger partial charge in [0.1, 0.15) is 71.3 Å². The second-order valence-electron chi connectivity index (χ2n) is 39.0. The Morgan fingerprint density at radius 2 is 1.02 bits per heavy atom. The van der Waals surface area contributed by atoms with E-state index >= 15 is 0 Å². The minimum Gasteiger partial charge on any atom is -0.507 e. The number of fused-ring (bicyclic) bond motifs is 8. The van der Waals surface area contributed by atoms with Crippen molar-refractivity contribution in [2.24, 2.45) is 63.0 Å². The molecule has 18 atom stereocenters. The molecule has 39 heteroatoms. The predicted molar refractivity (Wildman–Crippen MR) is 565 cm³/mol. The van der Waals surface area contributed by atoms with Gasteiger partial charge in [-0.1, -0.05) is 152 Å². The van der Waals surface area contributed by atoms with Crippen molar-refractivity contribution in [2.45, 2.75) is 232 Å². The Labute approximate surface area is 885 Å². The number of methoxy groups -OCH3 is 4. The number of Topliss-reactive ketones (excluding diaryl/α,β-unsaturated/α-hetero) is 2. The monoisotopic (exact) mass is 2120 g/mol. The number of hydrogen-bond donors (Lipinski definition) is 12. The van der Waals surface area contributed by atoms with Crippen molar-refractivity contribution >= 4 is 93.3 Å². The lowest BCUT2D eigenvalue weighted by molar-refractivity contribution is -0.129. The number of phenols is 4. The highest BCUT2D eigenvalue weighted by Gasteiger charge is 2.51. The van der Waals surface area contributed by atoms with Crippen LogP contribution in [0.15, 0.2) is 226 Å². The number of halogens is 2. The number of carbonyl (C=O) groups excluding carboxylic acids is 10. The van der Waals surface area contributed by atoms with Crippen molar-refractivity contribution in [3.63, 3.8) is 0 Å². The van der Waals surface area contributed by atoms with Gasteiger partial charge in [-0.05, 0) is 171 Å². The third-order valence-electron chi connectivity index (χ3n) is 26.8. The third kappa shape index (κ3) is 33.9. The largest absolute Gasteiger partial charge is 0.507 e. The van der Waals surface area contributed by atoms with Gasteiger partial charge in [0.25, 0.3) is 11.8 Å². The van der Waals surface area contributed by atoms with Gasteiger partial charge in [-0.15, -0.1) is 6.58 Å². The van der Waals surface area contributed by atoms with Gasteiger partial charge in [-0.3, -0.25) is 38.4 Å². The zero-order chi connectivity index (χ0) is 110. The zero-order valence-electron chi connectivity index (χ0n) is 87.7. The van der Waals surface area contributed by atoms with Crippen LogP contribution in [0.4, 0.5) is 0 Å². The molecule has 0 spiro atoms. The molecule has 7 aliphatic heterocycles. The number of nitrogens with one attached hydrogen (secondary N) is 3. The summed E-state index contributed by atoms with van der Waals surface area (Å²) in [5.74, 6) is -6.09. The quantitative estimate of drug-likeness (QED) is 0.0118. The molecule has 2 aromatic carbocycles. The maximum absolute atomic E-state index is 13.6. The van der Waals surface area contributed by atoms with Gasteiger partial charge in [0.15, 0.2) is 24.0 Å². The Bertz CT molecular complexity index is 5890. The molecular formula is C111H144Cl2N10O27. The molecule has 814 valence electrons. The van der Waals surface area contributed by atoms with Gasteiger partial charge >= 0.3 is 11.9 Å². The fourth-order valence-corrected chi connectivity index (χ4v) is 18.8. The van der Waals surface area contributed by atoms with Crippen molar-refractivity contribution in [2.75, 3.05) is 74.4 Å². The molecule has 4 fully saturated rings. The topological polar surface area (TPSA) is 542 Å². The summed E-state index contributed by atoms with van der Waals surface area (Å²) in [7, 11) is 6.04. The standard InChI is InChI=1S/C32H45N3O7.C29H41N3O7.C25H29ClN2O7.C25H29ClN2O6/c1-9-13-34-28-23-14-18(2)15-27(41-8)29(37)20(4)16-21(5)31(42-22(6)33)26(40-7)12-10-11-19(3)32(39)35-24(30(23)38)17-25(28)36;1-15-11-20-25(31)22(33)14-21(27(20)35)32-29(36)16(2)9-8-10-23(37-6)28(39-19(5)30)18(4)13-17(3)26(34)24(12-15)38-7;1-15-12-20-25(2,35-20)8-4-3-6-16(27-33-11-10-28-9-5-7-21(28)31)13-17-22(24(32)34-15)18(29)14-19(30)23(17)26;1-15-11-17-12-16(17)5-2-3-6-18(27-33-10-9-28-8-4-7-22(28)31)13-19-23(25(32)34-15)20(29)14-21(30)24(19)26/h9-12,16-18,20,26-27,29,31,34,37H,1,6,13-15,33H2,2-5,7-8H3,(H,35,39);8-10,13-15,17,23-24,26,28,34H,5,11-12,30-31H2,1-4,6-7H3,(H,32,36);3-4,6,8,14-15,20,29-30H,5,7,9-13H2,1-2H3;2-3,5-6,14-17,29-30H,4,7-13H2,1H3/b12-10-,19-11+,21-16+;10-8-,16-9+,18-13+;6-3+,8-4-,27-16-;5-2-,6-3+,27-18-/t18-,20+,26+,27+,29-,31+;15-,17+,23+,24+,26-,28+;15-,20-,25-;15-,16-,17-/m1111/s1. The SMILES string of the molecule is C=C(N)O[C@H]1/C(C)=C/[C@H](C)[C@@H](O)[C@@H](OC)C[C@H](C)CC2=C(N)C(=O)C=C(NC(=O)/C(C)=C/C=C\[C@@H]1OC)C2=O.C=CCNC1=C2C[C@@H](C)C[C@H](OC)[C@H](O)[C@@H](C)/C=C(\C)[C@H](OC(=C)N)[C@@H](OC)/C=C\C=C(/C)C(=O)NC(=CC1=O)C2=O.C[C@@H]1C[C@@H]2C[C@H]2\C=C/C=C/C(=N/OCCN2CCCC2=O)Cc2c(Cl)c(O)cc(O)c2C(=O)O1.C[C@@H]1C[C@H]2O[C@]2(C)\C=C/C=C/C(=N/OCCN2CCCC2=O)Cc2c(Cl)c(O)cc(O)c2C(=O)O1. The molecule has 12 rings (SSSR count). The molecule has 150 heavy (non-hydrogen) atoms. The second-order valence-corrected chi connectivity index (χ2v) is 39.8. The number of ether oxygens (including phenoxy) is 9. The lowest BCUT2D eigenvalue weighted by Crippen LogP contribution is -2.37. The molecule has 1 saturated carbocycles. The number of nitrogens with zero attached hydrogens (tertiary/aromatic N) is 4. The number of likely N-dealkylation sites (tertiary alicyclic amines) is 2. The number of hydrogen-bond acceptors (Lipinski definition) is 33. The van der Waals surface area contributed by atoms with E-state index in [9.17, 15) is 78.6 Å². The van der Waals surface area contributed by atoms with Crippen LogP contribution in [0.3, 0.4) is 0 Å². The van der Waals surface area contributed by atoms with E-state index in [1.54, 1.807) is 91.3 Å². The van der Waals surface area contributed by atoms with E-state index in [1.807, 2.05) is 91.8 Å². The number of benzene rings is 2. The minimum atomic E-state index is -0.900. The van der Waals surface area contributed by atoms with Crippen molar-refractivity contribution in [3.05, 3.63) is 248 Å². The van der Waals surface area contributed by atoms with Gasteiger partial charge < -0.3 is 126 Å². The average molecular weight is 2120 g/mol. The molecular weight excluding hydrogens is 1980 g/mol. The van der Waals surface area contributed by atoms with Crippen molar-refractivity contribution in [1.29, 1.82) is 0 Å². The molecule has 7 heterocycles. The number of aromatic hydroxyl groups is 4. The lowest BCUT2D eigenvalue weighted by atomic mass is 9.85. The van der Waals surface area contributed by atoms with Crippen molar-refractivity contribution in [3.8, 4) is 23.0 Å². The first-order chi connectivity index (χ1) is 71.1. The molecule has 4 amide bonds. The number of esters is 2. The van der Waals surface area contributed by atoms with Gasteiger partial charge in [0.05, 0.1) is 94.0 Å². The molecule has 0 unspecified atom stereocenters. The van der Waals surface area contributed by atoms with Crippen LogP contribution >= 0.6 is 23.2 Å². The molecule has 3 saturated heterocycles. The predicted octanol–water partition coefficient (Wildman–Crippen LogP) is 12.5. The highest BCUT2D eigenvalue weighted by Crippen LogP contribution is 2.46. The normalized spacial score (nSPS) is 30.8. The number of carbonyl (C=O) groups is 10. The van der Waals surface area contributed by atoms with E-state index in [0.717, 1.165) is 61.1 Å². The van der Waals surface area contributed by atoms with E-state index < -0.39 is 119 Å². The Hall–Kier alpha value is -13.2. The lowest BCUT2D eigenvalue weighted by Gasteiger charge is -2.30. The summed E-state index contributed by atoms with van der Waals surface area (Å²) >= 11 is 12.7. The number of oxime groups is 2. The van der Waals surface area contributed by atoms with Crippen LogP contribution in [-0.2, 0) is 104 Å². The van der Waals surface area contributed by atoms with E-state index in [2.05, 4.69) is 52.1 Å². The maximum Gasteiger partial charge on any atom is 0.342 e. The fourth-order valence-electron chi connectivity index (χ4n) is 18.4.